The highest BCUT2D eigenvalue weighted by atomic mass is 15.3. The number of anilines is 2. The zero-order valence-corrected chi connectivity index (χ0v) is 11.6. The Balaban J connectivity index is 1.51. The minimum atomic E-state index is 0.941. The summed E-state index contributed by atoms with van der Waals surface area (Å²) >= 11 is 0. The third-order valence-corrected chi connectivity index (χ3v) is 3.55. The molecule has 1 aliphatic heterocycles. The fourth-order valence-corrected chi connectivity index (χ4v) is 2.42. The molecule has 0 bridgehead atoms. The van der Waals surface area contributed by atoms with Crippen molar-refractivity contribution in [3.63, 3.8) is 0 Å². The van der Waals surface area contributed by atoms with Crippen LogP contribution in [-0.4, -0.2) is 47.4 Å². The number of nitrogens with zero attached hydrogens (tertiary/aromatic N) is 3. The third-order valence-electron chi connectivity index (χ3n) is 3.55. The Morgan fingerprint density at radius 3 is 2.65 bits per heavy atom. The molecule has 5 nitrogen and oxygen atoms in total. The van der Waals surface area contributed by atoms with Crippen molar-refractivity contribution in [2.24, 2.45) is 0 Å². The molecule has 1 aliphatic rings. The minimum absolute atomic E-state index is 0.941. The monoisotopic (exact) mass is 271 g/mol. The SMILES string of the molecule is c1ccc(Nc2cnn(CCN3CCNCC3)c2)cc1. The number of piperazine rings is 1. The molecule has 1 aromatic carbocycles. The molecule has 20 heavy (non-hydrogen) atoms. The quantitative estimate of drug-likeness (QED) is 0.866. The molecular formula is C15H21N5. The molecule has 0 amide bonds. The van der Waals surface area contributed by atoms with Crippen LogP contribution in [0.3, 0.4) is 0 Å². The molecule has 0 atom stereocenters. The Morgan fingerprint density at radius 2 is 1.85 bits per heavy atom. The van der Waals surface area contributed by atoms with Gasteiger partial charge in [0.15, 0.2) is 0 Å². The van der Waals surface area contributed by atoms with E-state index in [1.54, 1.807) is 0 Å². The van der Waals surface area contributed by atoms with Crippen LogP contribution in [0, 0.1) is 0 Å². The summed E-state index contributed by atoms with van der Waals surface area (Å²) in [5.41, 5.74) is 2.13. The molecule has 1 aromatic heterocycles. The summed E-state index contributed by atoms with van der Waals surface area (Å²) in [5, 5.41) is 11.1. The second-order valence-electron chi connectivity index (χ2n) is 5.07. The lowest BCUT2D eigenvalue weighted by Gasteiger charge is -2.26. The fraction of sp³-hybridized carbons (Fsp3) is 0.400. The van der Waals surface area contributed by atoms with Crippen molar-refractivity contribution in [3.8, 4) is 0 Å². The summed E-state index contributed by atoms with van der Waals surface area (Å²) in [6, 6.07) is 10.2. The average molecular weight is 271 g/mol. The summed E-state index contributed by atoms with van der Waals surface area (Å²) in [7, 11) is 0. The first-order valence-corrected chi connectivity index (χ1v) is 7.18. The van der Waals surface area contributed by atoms with Crippen LogP contribution in [-0.2, 0) is 6.54 Å². The first-order chi connectivity index (χ1) is 9.90. The van der Waals surface area contributed by atoms with Crippen LogP contribution >= 0.6 is 0 Å². The van der Waals surface area contributed by atoms with E-state index >= 15 is 0 Å². The van der Waals surface area contributed by atoms with Crippen molar-refractivity contribution in [2.45, 2.75) is 6.54 Å². The normalized spacial score (nSPS) is 16.2. The van der Waals surface area contributed by atoms with E-state index in [9.17, 15) is 0 Å². The fourth-order valence-electron chi connectivity index (χ4n) is 2.42. The van der Waals surface area contributed by atoms with Gasteiger partial charge in [0.05, 0.1) is 18.4 Å². The molecule has 0 unspecified atom stereocenters. The van der Waals surface area contributed by atoms with Gasteiger partial charge < -0.3 is 10.6 Å². The average Bonchev–Trinajstić information content (AvgIpc) is 2.95. The van der Waals surface area contributed by atoms with Crippen molar-refractivity contribution >= 4 is 11.4 Å². The van der Waals surface area contributed by atoms with Crippen LogP contribution < -0.4 is 10.6 Å². The van der Waals surface area contributed by atoms with Crippen molar-refractivity contribution in [3.05, 3.63) is 42.7 Å². The van der Waals surface area contributed by atoms with E-state index in [0.717, 1.165) is 50.6 Å². The van der Waals surface area contributed by atoms with E-state index in [2.05, 4.69) is 39.0 Å². The smallest absolute Gasteiger partial charge is 0.0770 e. The maximum absolute atomic E-state index is 4.41. The highest BCUT2D eigenvalue weighted by Crippen LogP contribution is 2.14. The summed E-state index contributed by atoms with van der Waals surface area (Å²) < 4.78 is 2.01. The first-order valence-electron chi connectivity index (χ1n) is 7.18. The Kier molecular flexibility index (Phi) is 4.30. The summed E-state index contributed by atoms with van der Waals surface area (Å²) in [6.45, 7) is 6.47. The molecule has 3 rings (SSSR count). The number of nitrogens with one attached hydrogen (secondary N) is 2. The van der Waals surface area contributed by atoms with Crippen molar-refractivity contribution in [2.75, 3.05) is 38.0 Å². The van der Waals surface area contributed by atoms with Gasteiger partial charge in [0.1, 0.15) is 0 Å². The van der Waals surface area contributed by atoms with E-state index in [4.69, 9.17) is 0 Å². The Labute approximate surface area is 119 Å². The Bertz CT molecular complexity index is 516. The van der Waals surface area contributed by atoms with Crippen LogP contribution in [0.15, 0.2) is 42.7 Å². The maximum Gasteiger partial charge on any atom is 0.0770 e. The van der Waals surface area contributed by atoms with Crippen LogP contribution in [0.25, 0.3) is 0 Å². The first kappa shape index (κ1) is 13.1. The van der Waals surface area contributed by atoms with Crippen molar-refractivity contribution in [1.82, 2.24) is 20.0 Å². The molecule has 2 heterocycles. The van der Waals surface area contributed by atoms with Crippen LogP contribution in [0.2, 0.25) is 0 Å². The lowest BCUT2D eigenvalue weighted by atomic mass is 10.3. The van der Waals surface area contributed by atoms with Gasteiger partial charge in [-0.15, -0.1) is 0 Å². The highest BCUT2D eigenvalue weighted by Gasteiger charge is 2.09. The molecule has 0 spiro atoms. The second-order valence-corrected chi connectivity index (χ2v) is 5.07. The van der Waals surface area contributed by atoms with E-state index in [-0.39, 0.29) is 0 Å². The molecule has 2 aromatic rings. The lowest BCUT2D eigenvalue weighted by molar-refractivity contribution is 0.229. The summed E-state index contributed by atoms with van der Waals surface area (Å²) in [4.78, 5) is 2.47. The second kappa shape index (κ2) is 6.54. The van der Waals surface area contributed by atoms with Gasteiger partial charge >= 0.3 is 0 Å². The summed E-state index contributed by atoms with van der Waals surface area (Å²) in [5.74, 6) is 0. The van der Waals surface area contributed by atoms with Gasteiger partial charge in [-0.25, -0.2) is 0 Å². The molecule has 1 fully saturated rings. The largest absolute Gasteiger partial charge is 0.353 e. The standard InChI is InChI=1S/C15H21N5/c1-2-4-14(5-3-1)18-15-12-17-20(13-15)11-10-19-8-6-16-7-9-19/h1-5,12-13,16,18H,6-11H2. The van der Waals surface area contributed by atoms with Crippen molar-refractivity contribution in [1.29, 1.82) is 0 Å². The van der Waals surface area contributed by atoms with E-state index < -0.39 is 0 Å². The zero-order valence-electron chi connectivity index (χ0n) is 11.6. The minimum Gasteiger partial charge on any atom is -0.353 e. The van der Waals surface area contributed by atoms with Gasteiger partial charge in [0.2, 0.25) is 0 Å². The molecule has 2 N–H and O–H groups in total. The van der Waals surface area contributed by atoms with E-state index in [0.29, 0.717) is 0 Å². The molecular weight excluding hydrogens is 250 g/mol. The van der Waals surface area contributed by atoms with E-state index in [1.807, 2.05) is 29.1 Å². The van der Waals surface area contributed by atoms with Gasteiger partial charge in [-0.05, 0) is 12.1 Å². The maximum atomic E-state index is 4.41. The van der Waals surface area contributed by atoms with Gasteiger partial charge in [-0.1, -0.05) is 18.2 Å². The number of hydrogen-bond donors (Lipinski definition) is 2. The van der Waals surface area contributed by atoms with Gasteiger partial charge in [0.25, 0.3) is 0 Å². The topological polar surface area (TPSA) is 45.1 Å². The van der Waals surface area contributed by atoms with Gasteiger partial charge in [0, 0.05) is 44.6 Å². The molecule has 0 aliphatic carbocycles. The predicted molar refractivity (Wildman–Crippen MR) is 81.3 cm³/mol. The van der Waals surface area contributed by atoms with Gasteiger partial charge in [-0.2, -0.15) is 5.10 Å². The Hall–Kier alpha value is -1.85. The summed E-state index contributed by atoms with van der Waals surface area (Å²) in [6.07, 6.45) is 3.94. The number of benzene rings is 1. The van der Waals surface area contributed by atoms with E-state index in [1.165, 1.54) is 0 Å². The molecule has 1 saturated heterocycles. The number of para-hydroxylation sites is 1. The lowest BCUT2D eigenvalue weighted by Crippen LogP contribution is -2.44. The van der Waals surface area contributed by atoms with Gasteiger partial charge in [-0.3, -0.25) is 9.58 Å². The highest BCUT2D eigenvalue weighted by molar-refractivity contribution is 5.57. The number of rotatable bonds is 5. The predicted octanol–water partition coefficient (Wildman–Crippen LogP) is 1.53. The molecule has 5 heteroatoms. The third kappa shape index (κ3) is 3.59. The zero-order chi connectivity index (χ0) is 13.6. The van der Waals surface area contributed by atoms with Crippen molar-refractivity contribution < 1.29 is 0 Å². The number of hydrogen-bond acceptors (Lipinski definition) is 4. The van der Waals surface area contributed by atoms with Crippen LogP contribution in [0.4, 0.5) is 11.4 Å². The van der Waals surface area contributed by atoms with Crippen LogP contribution in [0.1, 0.15) is 0 Å². The molecule has 0 saturated carbocycles. The number of aromatic nitrogens is 2. The van der Waals surface area contributed by atoms with Crippen LogP contribution in [0.5, 0.6) is 0 Å². The Morgan fingerprint density at radius 1 is 1.05 bits per heavy atom. The molecule has 106 valence electrons. The molecule has 0 radical (unpaired) electrons.